The highest BCUT2D eigenvalue weighted by Crippen LogP contribution is 2.53. The molecule has 1 aromatic carbocycles. The number of ether oxygens (including phenoxy) is 5. The molecule has 1 atom stereocenters. The SMILES string of the molecule is COc1c(CNC(C(=O)O)C(C)C)c(OC)c(OC)c(OC)c1OC. The highest BCUT2D eigenvalue weighted by atomic mass is 16.6. The summed E-state index contributed by atoms with van der Waals surface area (Å²) in [6.45, 7) is 3.84. The van der Waals surface area contributed by atoms with Gasteiger partial charge in [0, 0.05) is 6.54 Å². The maximum atomic E-state index is 11.4. The monoisotopic (exact) mass is 357 g/mol. The Balaban J connectivity index is 3.48. The van der Waals surface area contributed by atoms with Gasteiger partial charge in [-0.1, -0.05) is 13.8 Å². The van der Waals surface area contributed by atoms with Crippen LogP contribution in [0.1, 0.15) is 19.4 Å². The number of aliphatic carboxylic acids is 1. The van der Waals surface area contributed by atoms with Gasteiger partial charge in [0.25, 0.3) is 0 Å². The second kappa shape index (κ2) is 9.22. The molecule has 0 spiro atoms. The molecule has 0 bridgehead atoms. The number of benzene rings is 1. The minimum Gasteiger partial charge on any atom is -0.492 e. The van der Waals surface area contributed by atoms with E-state index in [0.717, 1.165) is 0 Å². The molecule has 0 aliphatic rings. The van der Waals surface area contributed by atoms with E-state index in [1.165, 1.54) is 35.5 Å². The first-order valence-corrected chi connectivity index (χ1v) is 7.76. The lowest BCUT2D eigenvalue weighted by molar-refractivity contribution is -0.140. The highest BCUT2D eigenvalue weighted by Gasteiger charge is 2.29. The van der Waals surface area contributed by atoms with Gasteiger partial charge >= 0.3 is 5.97 Å². The van der Waals surface area contributed by atoms with E-state index in [0.29, 0.717) is 34.3 Å². The van der Waals surface area contributed by atoms with Gasteiger partial charge in [0.2, 0.25) is 17.2 Å². The molecule has 0 heterocycles. The highest BCUT2D eigenvalue weighted by molar-refractivity contribution is 5.74. The van der Waals surface area contributed by atoms with E-state index >= 15 is 0 Å². The number of nitrogens with one attached hydrogen (secondary N) is 1. The van der Waals surface area contributed by atoms with Gasteiger partial charge in [0.05, 0.1) is 41.1 Å². The molecule has 1 aromatic rings. The number of carbonyl (C=O) groups is 1. The lowest BCUT2D eigenvalue weighted by atomic mass is 10.0. The summed E-state index contributed by atoms with van der Waals surface area (Å²) in [7, 11) is 7.43. The average molecular weight is 357 g/mol. The van der Waals surface area contributed by atoms with Gasteiger partial charge in [0.1, 0.15) is 6.04 Å². The predicted octanol–water partition coefficient (Wildman–Crippen LogP) is 1.93. The molecule has 0 radical (unpaired) electrons. The molecule has 0 amide bonds. The fourth-order valence-electron chi connectivity index (χ4n) is 2.66. The Kier molecular flexibility index (Phi) is 7.63. The molecule has 0 fully saturated rings. The van der Waals surface area contributed by atoms with E-state index < -0.39 is 12.0 Å². The molecule has 8 heteroatoms. The molecule has 142 valence electrons. The quantitative estimate of drug-likeness (QED) is 0.656. The van der Waals surface area contributed by atoms with E-state index in [2.05, 4.69) is 5.32 Å². The molecule has 2 N–H and O–H groups in total. The largest absolute Gasteiger partial charge is 0.492 e. The zero-order valence-electron chi connectivity index (χ0n) is 15.8. The summed E-state index contributed by atoms with van der Waals surface area (Å²) >= 11 is 0. The number of rotatable bonds is 10. The van der Waals surface area contributed by atoms with Crippen LogP contribution >= 0.6 is 0 Å². The molecule has 1 rings (SSSR count). The standard InChI is InChI=1S/C17H27NO7/c1-9(2)11(17(19)20)18-8-10-12(21-3)14(23-5)16(25-7)15(24-6)13(10)22-4/h9,11,18H,8H2,1-7H3,(H,19,20). The molecular formula is C17H27NO7. The van der Waals surface area contributed by atoms with Crippen LogP contribution in [0.2, 0.25) is 0 Å². The van der Waals surface area contributed by atoms with Crippen LogP contribution < -0.4 is 29.0 Å². The van der Waals surface area contributed by atoms with Crippen molar-refractivity contribution in [1.29, 1.82) is 0 Å². The van der Waals surface area contributed by atoms with Gasteiger partial charge < -0.3 is 28.8 Å². The lowest BCUT2D eigenvalue weighted by Crippen LogP contribution is -2.40. The number of hydrogen-bond acceptors (Lipinski definition) is 7. The first-order valence-electron chi connectivity index (χ1n) is 7.76. The van der Waals surface area contributed by atoms with Gasteiger partial charge in [-0.05, 0) is 5.92 Å². The van der Waals surface area contributed by atoms with Crippen molar-refractivity contribution < 1.29 is 33.6 Å². The third kappa shape index (κ3) is 4.19. The van der Waals surface area contributed by atoms with E-state index in [1.807, 2.05) is 13.8 Å². The maximum absolute atomic E-state index is 11.4. The maximum Gasteiger partial charge on any atom is 0.320 e. The van der Waals surface area contributed by atoms with Crippen LogP contribution in [0.4, 0.5) is 0 Å². The van der Waals surface area contributed by atoms with Crippen molar-refractivity contribution in [2.45, 2.75) is 26.4 Å². The Bertz CT molecular complexity index is 568. The van der Waals surface area contributed by atoms with Crippen LogP contribution in [0.25, 0.3) is 0 Å². The smallest absolute Gasteiger partial charge is 0.320 e. The van der Waals surface area contributed by atoms with Crippen LogP contribution in [-0.2, 0) is 11.3 Å². The van der Waals surface area contributed by atoms with Crippen molar-refractivity contribution in [1.82, 2.24) is 5.32 Å². The number of methoxy groups -OCH3 is 5. The zero-order valence-corrected chi connectivity index (χ0v) is 15.8. The number of carboxylic acid groups (broad SMARTS) is 1. The molecule has 0 aliphatic carbocycles. The minimum absolute atomic E-state index is 0.100. The summed E-state index contributed by atoms with van der Waals surface area (Å²) in [5, 5.41) is 12.4. The Hall–Kier alpha value is -2.35. The summed E-state index contributed by atoms with van der Waals surface area (Å²) < 4.78 is 27.2. The van der Waals surface area contributed by atoms with Crippen molar-refractivity contribution >= 4 is 5.97 Å². The fourth-order valence-corrected chi connectivity index (χ4v) is 2.66. The predicted molar refractivity (Wildman–Crippen MR) is 92.3 cm³/mol. The van der Waals surface area contributed by atoms with E-state index in [4.69, 9.17) is 23.7 Å². The van der Waals surface area contributed by atoms with Crippen LogP contribution in [0.15, 0.2) is 0 Å². The second-order valence-electron chi connectivity index (χ2n) is 5.59. The minimum atomic E-state index is -0.930. The fraction of sp³-hybridized carbons (Fsp3) is 0.588. The summed E-state index contributed by atoms with van der Waals surface area (Å²) in [6.07, 6.45) is 0. The Morgan fingerprint density at radius 3 is 1.48 bits per heavy atom. The van der Waals surface area contributed by atoms with Gasteiger partial charge in [0.15, 0.2) is 11.5 Å². The number of carboxylic acids is 1. The van der Waals surface area contributed by atoms with Crippen molar-refractivity contribution in [3.63, 3.8) is 0 Å². The van der Waals surface area contributed by atoms with Gasteiger partial charge in [-0.2, -0.15) is 0 Å². The van der Waals surface area contributed by atoms with Gasteiger partial charge in [-0.15, -0.1) is 0 Å². The van der Waals surface area contributed by atoms with Crippen molar-refractivity contribution in [2.24, 2.45) is 5.92 Å². The van der Waals surface area contributed by atoms with Crippen LogP contribution in [0, 0.1) is 5.92 Å². The summed E-state index contributed by atoms with van der Waals surface area (Å²) in [5.41, 5.74) is 0.575. The number of hydrogen-bond donors (Lipinski definition) is 2. The van der Waals surface area contributed by atoms with Gasteiger partial charge in [-0.3, -0.25) is 10.1 Å². The molecular weight excluding hydrogens is 330 g/mol. The molecule has 25 heavy (non-hydrogen) atoms. The molecule has 0 saturated carbocycles. The summed E-state index contributed by atoms with van der Waals surface area (Å²) in [6, 6.07) is -0.728. The van der Waals surface area contributed by atoms with Crippen LogP contribution in [0.5, 0.6) is 28.7 Å². The van der Waals surface area contributed by atoms with E-state index in [9.17, 15) is 9.90 Å². The third-order valence-electron chi connectivity index (χ3n) is 3.83. The molecule has 8 nitrogen and oxygen atoms in total. The van der Waals surface area contributed by atoms with Crippen LogP contribution in [0.3, 0.4) is 0 Å². The first kappa shape index (κ1) is 20.7. The molecule has 0 aromatic heterocycles. The van der Waals surface area contributed by atoms with E-state index in [1.54, 1.807) is 0 Å². The normalized spacial score (nSPS) is 11.8. The van der Waals surface area contributed by atoms with Gasteiger partial charge in [-0.25, -0.2) is 0 Å². The molecule has 1 unspecified atom stereocenters. The summed E-state index contributed by atoms with van der Waals surface area (Å²) in [5.74, 6) is 0.763. The third-order valence-corrected chi connectivity index (χ3v) is 3.83. The Labute approximate surface area is 148 Å². The Morgan fingerprint density at radius 2 is 1.20 bits per heavy atom. The zero-order chi connectivity index (χ0) is 19.1. The van der Waals surface area contributed by atoms with Crippen molar-refractivity contribution in [3.8, 4) is 28.7 Å². The van der Waals surface area contributed by atoms with Crippen LogP contribution in [-0.4, -0.2) is 52.7 Å². The summed E-state index contributed by atoms with van der Waals surface area (Å²) in [4.78, 5) is 11.4. The Morgan fingerprint density at radius 1 is 0.840 bits per heavy atom. The average Bonchev–Trinajstić information content (AvgIpc) is 2.58. The van der Waals surface area contributed by atoms with Crippen molar-refractivity contribution in [3.05, 3.63) is 5.56 Å². The van der Waals surface area contributed by atoms with E-state index in [-0.39, 0.29) is 12.5 Å². The molecule has 0 saturated heterocycles. The topological polar surface area (TPSA) is 95.5 Å². The van der Waals surface area contributed by atoms with Crippen molar-refractivity contribution in [2.75, 3.05) is 35.5 Å². The lowest BCUT2D eigenvalue weighted by Gasteiger charge is -2.24. The second-order valence-corrected chi connectivity index (χ2v) is 5.59. The first-order chi connectivity index (χ1) is 11.9. The molecule has 0 aliphatic heterocycles.